The first kappa shape index (κ1) is 9.37. The lowest BCUT2D eigenvalue weighted by Gasteiger charge is -1.95. The highest BCUT2D eigenvalue weighted by Gasteiger charge is 1.97. The number of carbonyl (C=O) groups excluding carboxylic acids is 1. The molecule has 0 amide bonds. The second kappa shape index (κ2) is 5.02. The Hall–Kier alpha value is -1.72. The van der Waals surface area contributed by atoms with Crippen LogP contribution in [0.4, 0.5) is 5.95 Å². The summed E-state index contributed by atoms with van der Waals surface area (Å²) in [5, 5.41) is 6.12. The molecule has 1 heterocycles. The number of hydrogen-bond acceptors (Lipinski definition) is 5. The third-order valence-corrected chi connectivity index (χ3v) is 1.18. The highest BCUT2D eigenvalue weighted by Crippen LogP contribution is 1.96. The summed E-state index contributed by atoms with van der Waals surface area (Å²) in [7, 11) is 0. The summed E-state index contributed by atoms with van der Waals surface area (Å²) < 4.78 is 4.68. The SMILES string of the molecule is CCOC(=O)CC=Nc1ncn[nH]1. The number of nitrogens with one attached hydrogen (secondary N) is 1. The molecule has 0 aliphatic rings. The number of esters is 1. The number of H-pyrrole nitrogens is 1. The zero-order valence-electron chi connectivity index (χ0n) is 7.23. The van der Waals surface area contributed by atoms with Gasteiger partial charge in [0.15, 0.2) is 0 Å². The van der Waals surface area contributed by atoms with E-state index in [4.69, 9.17) is 0 Å². The van der Waals surface area contributed by atoms with Crippen molar-refractivity contribution in [2.75, 3.05) is 6.61 Å². The lowest BCUT2D eigenvalue weighted by atomic mass is 10.5. The van der Waals surface area contributed by atoms with Gasteiger partial charge in [0.2, 0.25) is 5.95 Å². The Bertz CT molecular complexity index is 281. The fourth-order valence-electron chi connectivity index (χ4n) is 0.688. The van der Waals surface area contributed by atoms with Crippen LogP contribution >= 0.6 is 0 Å². The van der Waals surface area contributed by atoms with Gasteiger partial charge in [0.05, 0.1) is 13.0 Å². The molecule has 1 aromatic rings. The van der Waals surface area contributed by atoms with Gasteiger partial charge < -0.3 is 4.74 Å². The summed E-state index contributed by atoms with van der Waals surface area (Å²) in [4.78, 5) is 18.4. The first-order valence-corrected chi connectivity index (χ1v) is 3.86. The molecule has 13 heavy (non-hydrogen) atoms. The summed E-state index contributed by atoms with van der Waals surface area (Å²) in [5.74, 6) is 0.0788. The monoisotopic (exact) mass is 182 g/mol. The Morgan fingerprint density at radius 1 is 1.85 bits per heavy atom. The Kier molecular flexibility index (Phi) is 3.62. The van der Waals surface area contributed by atoms with Crippen LogP contribution in [-0.4, -0.2) is 34.0 Å². The van der Waals surface area contributed by atoms with Crippen molar-refractivity contribution in [3.63, 3.8) is 0 Å². The molecule has 1 aromatic heterocycles. The van der Waals surface area contributed by atoms with Gasteiger partial charge in [0, 0.05) is 6.21 Å². The Morgan fingerprint density at radius 3 is 3.31 bits per heavy atom. The molecule has 0 spiro atoms. The Labute approximate surface area is 75.0 Å². The van der Waals surface area contributed by atoms with E-state index in [1.165, 1.54) is 12.5 Å². The molecule has 70 valence electrons. The average molecular weight is 182 g/mol. The normalized spacial score (nSPS) is 10.5. The molecule has 0 bridgehead atoms. The van der Waals surface area contributed by atoms with E-state index in [0.29, 0.717) is 12.6 Å². The summed E-state index contributed by atoms with van der Waals surface area (Å²) in [6, 6.07) is 0. The molecular formula is C7H10N4O2. The number of aromatic nitrogens is 3. The standard InChI is InChI=1S/C7H10N4O2/c1-2-13-6(12)3-4-8-7-9-5-10-11-7/h4-5H,2-3H2,1H3,(H,9,10,11). The van der Waals surface area contributed by atoms with Gasteiger partial charge in [-0.05, 0) is 6.92 Å². The summed E-state index contributed by atoms with van der Waals surface area (Å²) in [6.45, 7) is 2.14. The maximum Gasteiger partial charge on any atom is 0.311 e. The fraction of sp³-hybridized carbons (Fsp3) is 0.429. The van der Waals surface area contributed by atoms with Crippen LogP contribution < -0.4 is 0 Å². The van der Waals surface area contributed by atoms with Crippen molar-refractivity contribution < 1.29 is 9.53 Å². The lowest BCUT2D eigenvalue weighted by Crippen LogP contribution is -2.03. The van der Waals surface area contributed by atoms with Gasteiger partial charge in [0.25, 0.3) is 0 Å². The van der Waals surface area contributed by atoms with Crippen LogP contribution in [-0.2, 0) is 9.53 Å². The maximum absolute atomic E-state index is 10.8. The molecule has 0 radical (unpaired) electrons. The topological polar surface area (TPSA) is 80.2 Å². The van der Waals surface area contributed by atoms with E-state index in [-0.39, 0.29) is 12.4 Å². The second-order valence-corrected chi connectivity index (χ2v) is 2.13. The summed E-state index contributed by atoms with van der Waals surface area (Å²) >= 11 is 0. The van der Waals surface area contributed by atoms with Crippen LogP contribution in [0.25, 0.3) is 0 Å². The molecule has 0 aromatic carbocycles. The van der Waals surface area contributed by atoms with E-state index in [2.05, 4.69) is 24.9 Å². The minimum absolute atomic E-state index is 0.147. The molecule has 0 saturated heterocycles. The molecule has 1 rings (SSSR count). The van der Waals surface area contributed by atoms with Crippen molar-refractivity contribution in [2.24, 2.45) is 4.99 Å². The van der Waals surface area contributed by atoms with E-state index in [1.54, 1.807) is 6.92 Å². The highest BCUT2D eigenvalue weighted by atomic mass is 16.5. The second-order valence-electron chi connectivity index (χ2n) is 2.13. The first-order valence-electron chi connectivity index (χ1n) is 3.86. The number of hydrogen-bond donors (Lipinski definition) is 1. The Balaban J connectivity index is 2.30. The molecule has 0 unspecified atom stereocenters. The minimum atomic E-state index is -0.300. The van der Waals surface area contributed by atoms with E-state index < -0.39 is 0 Å². The zero-order valence-corrected chi connectivity index (χ0v) is 7.23. The number of aromatic amines is 1. The van der Waals surface area contributed by atoms with Crippen LogP contribution in [0.15, 0.2) is 11.3 Å². The van der Waals surface area contributed by atoms with Crippen LogP contribution in [0.2, 0.25) is 0 Å². The largest absolute Gasteiger partial charge is 0.466 e. The number of aliphatic imine (C=N–C) groups is 1. The van der Waals surface area contributed by atoms with Crippen molar-refractivity contribution in [2.45, 2.75) is 13.3 Å². The van der Waals surface area contributed by atoms with E-state index in [0.717, 1.165) is 0 Å². The molecule has 0 atom stereocenters. The van der Waals surface area contributed by atoms with Gasteiger partial charge in [-0.3, -0.25) is 4.79 Å². The van der Waals surface area contributed by atoms with Gasteiger partial charge in [-0.15, -0.1) is 0 Å². The predicted octanol–water partition coefficient (Wildman–Crippen LogP) is 0.460. The van der Waals surface area contributed by atoms with Crippen molar-refractivity contribution in [1.29, 1.82) is 0 Å². The summed E-state index contributed by atoms with van der Waals surface area (Å²) in [6.07, 6.45) is 2.92. The van der Waals surface area contributed by atoms with Crippen LogP contribution in [0, 0.1) is 0 Å². The van der Waals surface area contributed by atoms with E-state index >= 15 is 0 Å². The molecule has 0 aliphatic carbocycles. The van der Waals surface area contributed by atoms with E-state index in [9.17, 15) is 4.79 Å². The lowest BCUT2D eigenvalue weighted by molar-refractivity contribution is -0.141. The molecule has 6 heteroatoms. The number of ether oxygens (including phenoxy) is 1. The third kappa shape index (κ3) is 3.46. The molecule has 0 saturated carbocycles. The van der Waals surface area contributed by atoms with E-state index in [1.807, 2.05) is 0 Å². The summed E-state index contributed by atoms with van der Waals surface area (Å²) in [5.41, 5.74) is 0. The molecule has 1 N–H and O–H groups in total. The van der Waals surface area contributed by atoms with Gasteiger partial charge in [-0.2, -0.15) is 10.1 Å². The molecule has 0 aliphatic heterocycles. The van der Waals surface area contributed by atoms with Crippen molar-refractivity contribution in [3.05, 3.63) is 6.33 Å². The van der Waals surface area contributed by atoms with Crippen molar-refractivity contribution in [3.8, 4) is 0 Å². The zero-order chi connectivity index (χ0) is 9.52. The number of rotatable bonds is 4. The minimum Gasteiger partial charge on any atom is -0.466 e. The smallest absolute Gasteiger partial charge is 0.311 e. The van der Waals surface area contributed by atoms with Crippen molar-refractivity contribution >= 4 is 18.1 Å². The predicted molar refractivity (Wildman–Crippen MR) is 45.8 cm³/mol. The van der Waals surface area contributed by atoms with Crippen LogP contribution in [0.1, 0.15) is 13.3 Å². The Morgan fingerprint density at radius 2 is 2.69 bits per heavy atom. The third-order valence-electron chi connectivity index (χ3n) is 1.18. The van der Waals surface area contributed by atoms with Gasteiger partial charge >= 0.3 is 5.97 Å². The molecule has 0 fully saturated rings. The maximum atomic E-state index is 10.8. The van der Waals surface area contributed by atoms with Crippen molar-refractivity contribution in [1.82, 2.24) is 15.2 Å². The number of nitrogens with zero attached hydrogens (tertiary/aromatic N) is 3. The first-order chi connectivity index (χ1) is 6.33. The quantitative estimate of drug-likeness (QED) is 0.541. The highest BCUT2D eigenvalue weighted by molar-refractivity contribution is 5.86. The fourth-order valence-corrected chi connectivity index (χ4v) is 0.688. The van der Waals surface area contributed by atoms with Crippen LogP contribution in [0.5, 0.6) is 0 Å². The molecule has 6 nitrogen and oxygen atoms in total. The van der Waals surface area contributed by atoms with Gasteiger partial charge in [-0.25, -0.2) is 10.1 Å². The average Bonchev–Trinajstić information content (AvgIpc) is 2.57. The van der Waals surface area contributed by atoms with Gasteiger partial charge in [0.1, 0.15) is 6.33 Å². The van der Waals surface area contributed by atoms with Gasteiger partial charge in [-0.1, -0.05) is 0 Å². The number of carbonyl (C=O) groups is 1. The molecular weight excluding hydrogens is 172 g/mol. The van der Waals surface area contributed by atoms with Crippen LogP contribution in [0.3, 0.4) is 0 Å².